The molecule has 2 heteroatoms. The van der Waals surface area contributed by atoms with Crippen molar-refractivity contribution in [3.05, 3.63) is 65.7 Å². The summed E-state index contributed by atoms with van der Waals surface area (Å²) in [5, 5.41) is 2.34. The van der Waals surface area contributed by atoms with E-state index in [1.165, 1.54) is 16.5 Å². The fraction of sp³-hybridized carbons (Fsp3) is 0.111. The summed E-state index contributed by atoms with van der Waals surface area (Å²) < 4.78 is 11.6. The van der Waals surface area contributed by atoms with E-state index >= 15 is 0 Å². The van der Waals surface area contributed by atoms with Crippen LogP contribution in [0.15, 0.2) is 54.6 Å². The van der Waals surface area contributed by atoms with Crippen LogP contribution >= 0.6 is 0 Å². The Morgan fingerprint density at radius 2 is 1.80 bits per heavy atom. The van der Waals surface area contributed by atoms with Gasteiger partial charge in [-0.3, -0.25) is 0 Å². The van der Waals surface area contributed by atoms with E-state index in [9.17, 15) is 0 Å². The molecule has 0 N–H and O–H groups in total. The number of para-hydroxylation sites is 1. The normalized spacial score (nSPS) is 12.4. The van der Waals surface area contributed by atoms with Crippen LogP contribution in [0, 0.1) is 0 Å². The van der Waals surface area contributed by atoms with Gasteiger partial charge in [0.25, 0.3) is 0 Å². The lowest BCUT2D eigenvalue weighted by atomic mass is 9.94. The van der Waals surface area contributed by atoms with Gasteiger partial charge in [0.1, 0.15) is 17.2 Å². The number of ether oxygens (including phenoxy) is 2. The zero-order valence-corrected chi connectivity index (χ0v) is 11.2. The number of methoxy groups -OCH3 is 1. The molecule has 0 aromatic heterocycles. The standard InChI is InChI=1S/C18H14O2/c1-19-17-8-4-6-12-9-10-16-14(18(12)17)11-13-5-2-3-7-15(13)20-16/h2-10H,11H2,1H3. The minimum Gasteiger partial charge on any atom is -0.496 e. The summed E-state index contributed by atoms with van der Waals surface area (Å²) in [6, 6.07) is 18.5. The third-order valence-corrected chi connectivity index (χ3v) is 3.85. The maximum absolute atomic E-state index is 6.03. The first-order chi connectivity index (χ1) is 9.86. The maximum atomic E-state index is 6.03. The second-order valence-corrected chi connectivity index (χ2v) is 4.99. The number of hydrogen-bond acceptors (Lipinski definition) is 2. The van der Waals surface area contributed by atoms with E-state index in [1.54, 1.807) is 7.11 Å². The van der Waals surface area contributed by atoms with Crippen LogP contribution in [-0.4, -0.2) is 7.11 Å². The monoisotopic (exact) mass is 262 g/mol. The lowest BCUT2D eigenvalue weighted by molar-refractivity contribution is 0.418. The summed E-state index contributed by atoms with van der Waals surface area (Å²) in [6.07, 6.45) is 0.878. The Labute approximate surface area is 117 Å². The summed E-state index contributed by atoms with van der Waals surface area (Å²) in [5.41, 5.74) is 2.43. The summed E-state index contributed by atoms with van der Waals surface area (Å²) in [5.74, 6) is 2.79. The van der Waals surface area contributed by atoms with Crippen molar-refractivity contribution in [3.8, 4) is 17.2 Å². The first kappa shape index (κ1) is 11.4. The molecular formula is C18H14O2. The molecule has 1 heterocycles. The van der Waals surface area contributed by atoms with Crippen LogP contribution in [-0.2, 0) is 6.42 Å². The Balaban J connectivity index is 2.00. The summed E-state index contributed by atoms with van der Waals surface area (Å²) in [7, 11) is 1.71. The van der Waals surface area contributed by atoms with Crippen LogP contribution in [0.1, 0.15) is 11.1 Å². The molecule has 0 atom stereocenters. The Morgan fingerprint density at radius 3 is 2.70 bits per heavy atom. The maximum Gasteiger partial charge on any atom is 0.131 e. The van der Waals surface area contributed by atoms with Gasteiger partial charge >= 0.3 is 0 Å². The minimum absolute atomic E-state index is 0.878. The molecule has 0 bridgehead atoms. The quantitative estimate of drug-likeness (QED) is 0.501. The van der Waals surface area contributed by atoms with Gasteiger partial charge in [-0.1, -0.05) is 36.4 Å². The van der Waals surface area contributed by atoms with Crippen LogP contribution in [0.4, 0.5) is 0 Å². The second-order valence-electron chi connectivity index (χ2n) is 4.99. The minimum atomic E-state index is 0.878. The number of rotatable bonds is 1. The molecule has 0 aliphatic carbocycles. The predicted molar refractivity (Wildman–Crippen MR) is 79.8 cm³/mol. The molecule has 20 heavy (non-hydrogen) atoms. The molecule has 3 aromatic rings. The zero-order chi connectivity index (χ0) is 13.5. The second kappa shape index (κ2) is 4.27. The SMILES string of the molecule is COc1cccc2ccc3c(c12)Cc1ccccc1O3. The largest absolute Gasteiger partial charge is 0.496 e. The van der Waals surface area contributed by atoms with Crippen LogP contribution in [0.2, 0.25) is 0 Å². The summed E-state index contributed by atoms with van der Waals surface area (Å²) in [6.45, 7) is 0. The molecule has 4 rings (SSSR count). The van der Waals surface area contributed by atoms with Gasteiger partial charge in [-0.05, 0) is 29.1 Å². The van der Waals surface area contributed by atoms with E-state index < -0.39 is 0 Å². The fourth-order valence-electron chi connectivity index (χ4n) is 2.90. The molecule has 3 aromatic carbocycles. The van der Waals surface area contributed by atoms with Crippen LogP contribution < -0.4 is 9.47 Å². The Morgan fingerprint density at radius 1 is 0.900 bits per heavy atom. The molecule has 0 saturated carbocycles. The molecule has 0 spiro atoms. The lowest BCUT2D eigenvalue weighted by Gasteiger charge is -2.22. The van der Waals surface area contributed by atoms with Crippen molar-refractivity contribution in [2.75, 3.05) is 7.11 Å². The molecule has 0 unspecified atom stereocenters. The van der Waals surface area contributed by atoms with Crippen molar-refractivity contribution < 1.29 is 9.47 Å². The van der Waals surface area contributed by atoms with E-state index in [4.69, 9.17) is 9.47 Å². The first-order valence-electron chi connectivity index (χ1n) is 6.71. The molecule has 98 valence electrons. The van der Waals surface area contributed by atoms with Crippen molar-refractivity contribution in [1.29, 1.82) is 0 Å². The van der Waals surface area contributed by atoms with Crippen LogP contribution in [0.5, 0.6) is 17.2 Å². The van der Waals surface area contributed by atoms with Gasteiger partial charge in [0, 0.05) is 17.4 Å². The summed E-state index contributed by atoms with van der Waals surface area (Å²) in [4.78, 5) is 0. The highest BCUT2D eigenvalue weighted by atomic mass is 16.5. The lowest BCUT2D eigenvalue weighted by Crippen LogP contribution is -2.04. The first-order valence-corrected chi connectivity index (χ1v) is 6.71. The molecule has 0 fully saturated rings. The average molecular weight is 262 g/mol. The third kappa shape index (κ3) is 1.58. The van der Waals surface area contributed by atoms with Gasteiger partial charge < -0.3 is 9.47 Å². The van der Waals surface area contributed by atoms with Gasteiger partial charge in [-0.15, -0.1) is 0 Å². The van der Waals surface area contributed by atoms with E-state index in [0.29, 0.717) is 0 Å². The highest BCUT2D eigenvalue weighted by molar-refractivity contribution is 5.93. The molecule has 0 amide bonds. The molecule has 1 aliphatic rings. The van der Waals surface area contributed by atoms with E-state index in [2.05, 4.69) is 24.3 Å². The van der Waals surface area contributed by atoms with Gasteiger partial charge in [0.2, 0.25) is 0 Å². The van der Waals surface area contributed by atoms with Crippen LogP contribution in [0.3, 0.4) is 0 Å². The Bertz CT molecular complexity index is 806. The van der Waals surface area contributed by atoms with Crippen molar-refractivity contribution >= 4 is 10.8 Å². The Kier molecular flexibility index (Phi) is 2.43. The van der Waals surface area contributed by atoms with Gasteiger partial charge in [0.15, 0.2) is 0 Å². The highest BCUT2D eigenvalue weighted by Crippen LogP contribution is 2.42. The molecule has 0 radical (unpaired) electrons. The highest BCUT2D eigenvalue weighted by Gasteiger charge is 2.20. The fourth-order valence-corrected chi connectivity index (χ4v) is 2.90. The van der Waals surface area contributed by atoms with Crippen LogP contribution in [0.25, 0.3) is 10.8 Å². The molecular weight excluding hydrogens is 248 g/mol. The van der Waals surface area contributed by atoms with E-state index in [0.717, 1.165) is 29.1 Å². The van der Waals surface area contributed by atoms with Gasteiger partial charge in [-0.2, -0.15) is 0 Å². The predicted octanol–water partition coefficient (Wildman–Crippen LogP) is 4.54. The number of hydrogen-bond donors (Lipinski definition) is 0. The average Bonchev–Trinajstić information content (AvgIpc) is 2.52. The van der Waals surface area contributed by atoms with Crippen molar-refractivity contribution in [2.45, 2.75) is 6.42 Å². The van der Waals surface area contributed by atoms with Gasteiger partial charge in [-0.25, -0.2) is 0 Å². The van der Waals surface area contributed by atoms with Crippen molar-refractivity contribution in [2.24, 2.45) is 0 Å². The number of fused-ring (bicyclic) bond motifs is 4. The third-order valence-electron chi connectivity index (χ3n) is 3.85. The van der Waals surface area contributed by atoms with E-state index in [1.807, 2.05) is 30.3 Å². The van der Waals surface area contributed by atoms with E-state index in [-0.39, 0.29) is 0 Å². The summed E-state index contributed by atoms with van der Waals surface area (Å²) >= 11 is 0. The van der Waals surface area contributed by atoms with Crippen molar-refractivity contribution in [3.63, 3.8) is 0 Å². The zero-order valence-electron chi connectivity index (χ0n) is 11.2. The topological polar surface area (TPSA) is 18.5 Å². The van der Waals surface area contributed by atoms with Gasteiger partial charge in [0.05, 0.1) is 7.11 Å². The molecule has 2 nitrogen and oxygen atoms in total. The number of benzene rings is 3. The Hall–Kier alpha value is -2.48. The van der Waals surface area contributed by atoms with Crippen molar-refractivity contribution in [1.82, 2.24) is 0 Å². The molecule has 0 saturated heterocycles. The smallest absolute Gasteiger partial charge is 0.131 e. The molecule has 1 aliphatic heterocycles.